The molecule has 0 fully saturated rings. The molecule has 1 N–H and O–H groups in total. The minimum atomic E-state index is -1.21. The van der Waals surface area contributed by atoms with Gasteiger partial charge in [0.15, 0.2) is 0 Å². The van der Waals surface area contributed by atoms with E-state index in [2.05, 4.69) is 13.2 Å². The number of benzene rings is 2. The average molecular weight is 456 g/mol. The van der Waals surface area contributed by atoms with Crippen LogP contribution in [-0.4, -0.2) is 48.4 Å². The molecule has 0 bridgehead atoms. The number of esters is 2. The van der Waals surface area contributed by atoms with Crippen LogP contribution in [0.25, 0.3) is 10.8 Å². The lowest BCUT2D eigenvalue weighted by Gasteiger charge is -2.21. The van der Waals surface area contributed by atoms with Gasteiger partial charge in [-0.25, -0.2) is 14.4 Å². The highest BCUT2D eigenvalue weighted by Crippen LogP contribution is 2.37. The maximum atomic E-state index is 12.0. The highest BCUT2D eigenvalue weighted by atomic mass is 16.6. The third-order valence-electron chi connectivity index (χ3n) is 4.84. The van der Waals surface area contributed by atoms with E-state index in [1.54, 1.807) is 24.3 Å². The first-order valence-corrected chi connectivity index (χ1v) is 10.5. The summed E-state index contributed by atoms with van der Waals surface area (Å²) in [5.41, 5.74) is -0.107. The molecule has 176 valence electrons. The zero-order chi connectivity index (χ0) is 24.4. The summed E-state index contributed by atoms with van der Waals surface area (Å²) >= 11 is 0. The maximum Gasteiger partial charge on any atom is 0.339 e. The largest absolute Gasteiger partial charge is 0.489 e. The number of carboxylic acid groups (broad SMARTS) is 1. The maximum absolute atomic E-state index is 12.0. The molecule has 0 saturated heterocycles. The Morgan fingerprint density at radius 2 is 1.42 bits per heavy atom. The van der Waals surface area contributed by atoms with Gasteiger partial charge in [-0.3, -0.25) is 0 Å². The van der Waals surface area contributed by atoms with Gasteiger partial charge in [0.05, 0.1) is 0 Å². The first-order valence-electron chi connectivity index (χ1n) is 10.5. The van der Waals surface area contributed by atoms with Crippen molar-refractivity contribution in [2.45, 2.75) is 38.9 Å². The number of ether oxygens (including phenoxy) is 4. The second-order valence-corrected chi connectivity index (χ2v) is 7.07. The molecule has 0 saturated carbocycles. The van der Waals surface area contributed by atoms with Crippen LogP contribution in [0.5, 0.6) is 11.5 Å². The molecule has 0 aliphatic heterocycles. The standard InChI is InChI=1S/C25H28O8/c1-5-16(32-22(26)7-3)14-30-21-13-20(25(28)29)24(19-12-10-9-11-18(19)21)31-15-17(6-2)33-23(27)8-4/h7-13,16-17H,3-6,14-15H2,1-2H3,(H,28,29). The second-order valence-electron chi connectivity index (χ2n) is 7.07. The van der Waals surface area contributed by atoms with Crippen LogP contribution in [0.15, 0.2) is 55.6 Å². The molecule has 0 heterocycles. The van der Waals surface area contributed by atoms with Gasteiger partial charge in [0.1, 0.15) is 42.5 Å². The smallest absolute Gasteiger partial charge is 0.339 e. The molecule has 0 spiro atoms. The molecule has 2 atom stereocenters. The van der Waals surface area contributed by atoms with E-state index in [1.807, 2.05) is 13.8 Å². The van der Waals surface area contributed by atoms with Gasteiger partial charge >= 0.3 is 17.9 Å². The van der Waals surface area contributed by atoms with E-state index in [4.69, 9.17) is 18.9 Å². The summed E-state index contributed by atoms with van der Waals surface area (Å²) in [6.45, 7) is 10.4. The second kappa shape index (κ2) is 12.3. The van der Waals surface area contributed by atoms with Crippen molar-refractivity contribution in [2.75, 3.05) is 13.2 Å². The van der Waals surface area contributed by atoms with Crippen LogP contribution >= 0.6 is 0 Å². The average Bonchev–Trinajstić information content (AvgIpc) is 2.83. The number of carboxylic acids is 1. The summed E-state index contributed by atoms with van der Waals surface area (Å²) in [4.78, 5) is 35.0. The molecule has 0 aliphatic carbocycles. The summed E-state index contributed by atoms with van der Waals surface area (Å²) < 4.78 is 22.2. The number of fused-ring (bicyclic) bond motifs is 1. The molecule has 2 rings (SSSR count). The van der Waals surface area contributed by atoms with Gasteiger partial charge in [-0.05, 0) is 18.9 Å². The Morgan fingerprint density at radius 3 is 1.91 bits per heavy atom. The molecule has 8 nitrogen and oxygen atoms in total. The number of carbonyl (C=O) groups excluding carboxylic acids is 2. The molecule has 2 aromatic rings. The summed E-state index contributed by atoms with van der Waals surface area (Å²) in [6, 6.07) is 8.40. The van der Waals surface area contributed by atoms with Crippen molar-refractivity contribution in [1.82, 2.24) is 0 Å². The van der Waals surface area contributed by atoms with Gasteiger partial charge in [-0.15, -0.1) is 0 Å². The van der Waals surface area contributed by atoms with Gasteiger partial charge in [-0.1, -0.05) is 51.3 Å². The molecule has 0 aromatic heterocycles. The fraction of sp³-hybridized carbons (Fsp3) is 0.320. The van der Waals surface area contributed by atoms with Crippen LogP contribution in [0.2, 0.25) is 0 Å². The first-order chi connectivity index (χ1) is 15.8. The molecule has 0 aliphatic rings. The lowest BCUT2D eigenvalue weighted by Crippen LogP contribution is -2.24. The molecule has 0 amide bonds. The zero-order valence-electron chi connectivity index (χ0n) is 18.7. The zero-order valence-corrected chi connectivity index (χ0v) is 18.7. The Labute approximate surface area is 192 Å². The van der Waals surface area contributed by atoms with Crippen molar-refractivity contribution >= 4 is 28.7 Å². The van der Waals surface area contributed by atoms with E-state index in [0.29, 0.717) is 29.4 Å². The van der Waals surface area contributed by atoms with E-state index < -0.39 is 30.1 Å². The lowest BCUT2D eigenvalue weighted by atomic mass is 10.0. The highest BCUT2D eigenvalue weighted by Gasteiger charge is 2.22. The van der Waals surface area contributed by atoms with Crippen molar-refractivity contribution in [1.29, 1.82) is 0 Å². The van der Waals surface area contributed by atoms with Gasteiger partial charge in [-0.2, -0.15) is 0 Å². The topological polar surface area (TPSA) is 108 Å². The fourth-order valence-electron chi connectivity index (χ4n) is 3.00. The molecule has 2 aromatic carbocycles. The SMILES string of the molecule is C=CC(=O)OC(CC)COc1cc(C(=O)O)c(OCC(CC)OC(=O)C=C)c2ccccc12. The van der Waals surface area contributed by atoms with Crippen LogP contribution in [0.4, 0.5) is 0 Å². The predicted molar refractivity (Wildman–Crippen MR) is 123 cm³/mol. The number of hydrogen-bond acceptors (Lipinski definition) is 7. The third-order valence-corrected chi connectivity index (χ3v) is 4.84. The van der Waals surface area contributed by atoms with Crippen LogP contribution in [0.3, 0.4) is 0 Å². The Kier molecular flexibility index (Phi) is 9.47. The van der Waals surface area contributed by atoms with Crippen LogP contribution in [-0.2, 0) is 19.1 Å². The van der Waals surface area contributed by atoms with E-state index in [-0.39, 0.29) is 24.5 Å². The Morgan fingerprint density at radius 1 is 0.909 bits per heavy atom. The minimum absolute atomic E-state index is 0.0318. The number of hydrogen-bond donors (Lipinski definition) is 1. The normalized spacial score (nSPS) is 12.3. The summed E-state index contributed by atoms with van der Waals surface area (Å²) in [7, 11) is 0. The Balaban J connectivity index is 2.37. The molecule has 0 radical (unpaired) electrons. The van der Waals surface area contributed by atoms with Gasteiger partial charge < -0.3 is 24.1 Å². The quantitative estimate of drug-likeness (QED) is 0.351. The summed E-state index contributed by atoms with van der Waals surface area (Å²) in [5, 5.41) is 11.0. The van der Waals surface area contributed by atoms with E-state index in [1.165, 1.54) is 6.07 Å². The van der Waals surface area contributed by atoms with Crippen molar-refractivity contribution in [3.63, 3.8) is 0 Å². The van der Waals surface area contributed by atoms with E-state index in [9.17, 15) is 19.5 Å². The fourth-order valence-corrected chi connectivity index (χ4v) is 3.00. The lowest BCUT2D eigenvalue weighted by molar-refractivity contribution is -0.145. The molecule has 8 heteroatoms. The Bertz CT molecular complexity index is 1030. The molecule has 33 heavy (non-hydrogen) atoms. The molecular weight excluding hydrogens is 428 g/mol. The first kappa shape index (κ1) is 25.5. The Hall–Kier alpha value is -3.81. The van der Waals surface area contributed by atoms with Gasteiger partial charge in [0, 0.05) is 22.9 Å². The van der Waals surface area contributed by atoms with Crippen LogP contribution in [0, 0.1) is 0 Å². The summed E-state index contributed by atoms with van der Waals surface area (Å²) in [6.07, 6.45) is 2.01. The van der Waals surface area contributed by atoms with Crippen molar-refractivity contribution < 1.29 is 38.4 Å². The molecule has 2 unspecified atom stereocenters. The number of aromatic carboxylic acids is 1. The number of carbonyl (C=O) groups is 3. The molecular formula is C25H28O8. The highest BCUT2D eigenvalue weighted by molar-refractivity contribution is 6.03. The van der Waals surface area contributed by atoms with Gasteiger partial charge in [0.2, 0.25) is 0 Å². The van der Waals surface area contributed by atoms with Crippen molar-refractivity contribution in [3.8, 4) is 11.5 Å². The third kappa shape index (κ3) is 6.83. The number of rotatable bonds is 13. The summed E-state index contributed by atoms with van der Waals surface area (Å²) in [5.74, 6) is -1.90. The van der Waals surface area contributed by atoms with Gasteiger partial charge in [0.25, 0.3) is 0 Å². The van der Waals surface area contributed by atoms with Crippen molar-refractivity contribution in [3.05, 3.63) is 61.2 Å². The predicted octanol–water partition coefficient (Wildman–Crippen LogP) is 4.31. The monoisotopic (exact) mass is 456 g/mol. The van der Waals surface area contributed by atoms with E-state index >= 15 is 0 Å². The van der Waals surface area contributed by atoms with E-state index in [0.717, 1.165) is 12.2 Å². The minimum Gasteiger partial charge on any atom is -0.489 e. The van der Waals surface area contributed by atoms with Crippen LogP contribution < -0.4 is 9.47 Å². The van der Waals surface area contributed by atoms with Crippen LogP contribution in [0.1, 0.15) is 37.0 Å². The van der Waals surface area contributed by atoms with Crippen molar-refractivity contribution in [2.24, 2.45) is 0 Å².